The molecule has 7 heteroatoms. The van der Waals surface area contributed by atoms with E-state index in [-0.39, 0.29) is 17.7 Å². The van der Waals surface area contributed by atoms with E-state index in [1.54, 1.807) is 30.3 Å². The third kappa shape index (κ3) is 6.69. The van der Waals surface area contributed by atoms with E-state index in [9.17, 15) is 19.2 Å². The number of amides is 3. The molecule has 1 aromatic carbocycles. The number of benzene rings is 1. The van der Waals surface area contributed by atoms with Crippen molar-refractivity contribution >= 4 is 29.2 Å². The topological polar surface area (TPSA) is 95.6 Å². The third-order valence-electron chi connectivity index (χ3n) is 5.06. The van der Waals surface area contributed by atoms with Crippen molar-refractivity contribution in [2.75, 3.05) is 5.43 Å². The van der Waals surface area contributed by atoms with Gasteiger partial charge in [0, 0.05) is 12.8 Å². The largest absolute Gasteiger partial charge is 0.345 e. The highest BCUT2D eigenvalue weighted by Gasteiger charge is 2.34. The molecule has 0 radical (unpaired) electrons. The summed E-state index contributed by atoms with van der Waals surface area (Å²) in [6, 6.07) is 7.72. The molecule has 1 saturated carbocycles. The molecule has 3 amide bonds. The molecule has 2 N–H and O–H groups in total. The van der Waals surface area contributed by atoms with E-state index in [1.165, 1.54) is 6.92 Å². The van der Waals surface area contributed by atoms with Crippen molar-refractivity contribution in [2.24, 2.45) is 11.8 Å². The third-order valence-corrected chi connectivity index (χ3v) is 5.06. The SMILES string of the molecule is CC(=O)N(Nc1ccccc1)C(=O)C(=O)[C@H](CC(C)C)NC(=O)C1CCCCC1. The number of imide groups is 1. The van der Waals surface area contributed by atoms with E-state index in [1.807, 2.05) is 13.8 Å². The second kappa shape index (κ2) is 10.7. The standard InChI is InChI=1S/C22H31N3O4/c1-15(2)14-19(23-21(28)17-10-6-4-7-11-17)20(27)22(29)25(16(3)26)24-18-12-8-5-9-13-18/h5,8-9,12-13,15,17,19,24H,4,6-7,10-11,14H2,1-3H3,(H,23,28)/t19-/m0/s1. The molecule has 0 heterocycles. The van der Waals surface area contributed by atoms with Gasteiger partial charge < -0.3 is 5.32 Å². The molecule has 0 spiro atoms. The Balaban J connectivity index is 2.13. The average molecular weight is 402 g/mol. The average Bonchev–Trinajstić information content (AvgIpc) is 2.71. The highest BCUT2D eigenvalue weighted by molar-refractivity contribution is 6.40. The number of Topliss-reactive ketones (excluding diaryl/α,β-unsaturated/α-hetero) is 1. The van der Waals surface area contributed by atoms with Crippen LogP contribution < -0.4 is 10.7 Å². The summed E-state index contributed by atoms with van der Waals surface area (Å²) in [7, 11) is 0. The minimum Gasteiger partial charge on any atom is -0.345 e. The first kappa shape index (κ1) is 22.6. The van der Waals surface area contributed by atoms with Crippen molar-refractivity contribution < 1.29 is 19.2 Å². The molecule has 1 aromatic rings. The normalized spacial score (nSPS) is 15.4. The lowest BCUT2D eigenvalue weighted by atomic mass is 9.88. The quantitative estimate of drug-likeness (QED) is 0.516. The number of hydrogen-bond acceptors (Lipinski definition) is 5. The number of nitrogens with zero attached hydrogens (tertiary/aromatic N) is 1. The first-order chi connectivity index (χ1) is 13.8. The molecule has 1 aliphatic carbocycles. The second-order valence-electron chi connectivity index (χ2n) is 8.03. The molecule has 0 aromatic heterocycles. The molecule has 1 atom stereocenters. The smallest absolute Gasteiger partial charge is 0.317 e. The summed E-state index contributed by atoms with van der Waals surface area (Å²) in [6.07, 6.45) is 5.06. The van der Waals surface area contributed by atoms with E-state index < -0.39 is 23.6 Å². The first-order valence-corrected chi connectivity index (χ1v) is 10.3. The maximum Gasteiger partial charge on any atom is 0.317 e. The van der Waals surface area contributed by atoms with Gasteiger partial charge >= 0.3 is 5.91 Å². The van der Waals surface area contributed by atoms with E-state index in [4.69, 9.17) is 0 Å². The zero-order chi connectivity index (χ0) is 21.4. The molecule has 29 heavy (non-hydrogen) atoms. The number of carbonyl (C=O) groups excluding carboxylic acids is 4. The van der Waals surface area contributed by atoms with E-state index in [0.29, 0.717) is 17.1 Å². The summed E-state index contributed by atoms with van der Waals surface area (Å²) in [5, 5.41) is 3.49. The predicted molar refractivity (Wildman–Crippen MR) is 111 cm³/mol. The number of anilines is 1. The second-order valence-corrected chi connectivity index (χ2v) is 8.03. The maximum atomic E-state index is 12.9. The van der Waals surface area contributed by atoms with Crippen molar-refractivity contribution in [1.82, 2.24) is 10.3 Å². The van der Waals surface area contributed by atoms with Crippen LogP contribution in [-0.2, 0) is 19.2 Å². The molecule has 7 nitrogen and oxygen atoms in total. The highest BCUT2D eigenvalue weighted by atomic mass is 16.2. The van der Waals surface area contributed by atoms with Crippen molar-refractivity contribution in [3.05, 3.63) is 30.3 Å². The van der Waals surface area contributed by atoms with Crippen LogP contribution in [-0.4, -0.2) is 34.6 Å². The van der Waals surface area contributed by atoms with Crippen LogP contribution in [0.3, 0.4) is 0 Å². The zero-order valence-corrected chi connectivity index (χ0v) is 17.4. The Morgan fingerprint density at radius 1 is 1.03 bits per heavy atom. The molecule has 1 aliphatic rings. The van der Waals surface area contributed by atoms with Gasteiger partial charge in [-0.25, -0.2) is 0 Å². The summed E-state index contributed by atoms with van der Waals surface area (Å²) >= 11 is 0. The molecule has 158 valence electrons. The molecule has 0 saturated heterocycles. The van der Waals surface area contributed by atoms with Gasteiger partial charge in [-0.1, -0.05) is 51.3 Å². The fraction of sp³-hybridized carbons (Fsp3) is 0.545. The van der Waals surface area contributed by atoms with Crippen LogP contribution in [0.2, 0.25) is 0 Å². The van der Waals surface area contributed by atoms with Gasteiger partial charge in [-0.15, -0.1) is 0 Å². The predicted octanol–water partition coefficient (Wildman–Crippen LogP) is 3.07. The van der Waals surface area contributed by atoms with Crippen molar-refractivity contribution in [3.8, 4) is 0 Å². The van der Waals surface area contributed by atoms with Crippen molar-refractivity contribution in [3.63, 3.8) is 0 Å². The van der Waals surface area contributed by atoms with Gasteiger partial charge in [-0.05, 0) is 37.3 Å². The Morgan fingerprint density at radius 3 is 2.21 bits per heavy atom. The summed E-state index contributed by atoms with van der Waals surface area (Å²) in [5.74, 6) is -2.57. The molecule has 1 fully saturated rings. The molecule has 2 rings (SSSR count). The number of ketones is 1. The number of carbonyl (C=O) groups is 4. The van der Waals surface area contributed by atoms with Crippen LogP contribution in [0.5, 0.6) is 0 Å². The lowest BCUT2D eigenvalue weighted by molar-refractivity contribution is -0.150. The number of hydrogen-bond donors (Lipinski definition) is 2. The van der Waals surface area contributed by atoms with E-state index in [0.717, 1.165) is 32.1 Å². The number of hydrazine groups is 1. The van der Waals surface area contributed by atoms with Gasteiger partial charge in [0.1, 0.15) is 0 Å². The van der Waals surface area contributed by atoms with Crippen molar-refractivity contribution in [2.45, 2.75) is 65.3 Å². The van der Waals surface area contributed by atoms with Crippen LogP contribution in [0, 0.1) is 11.8 Å². The van der Waals surface area contributed by atoms with E-state index >= 15 is 0 Å². The van der Waals surface area contributed by atoms with Crippen LogP contribution in [0.4, 0.5) is 5.69 Å². The summed E-state index contributed by atoms with van der Waals surface area (Å²) < 4.78 is 0. The Labute approximate surface area is 172 Å². The maximum absolute atomic E-state index is 12.9. The van der Waals surface area contributed by atoms with Gasteiger partial charge in [-0.3, -0.25) is 24.6 Å². The lowest BCUT2D eigenvalue weighted by Gasteiger charge is -2.27. The fourth-order valence-corrected chi connectivity index (χ4v) is 3.53. The molecule has 0 unspecified atom stereocenters. The number of para-hydroxylation sites is 1. The number of rotatable bonds is 8. The van der Waals surface area contributed by atoms with Crippen molar-refractivity contribution in [1.29, 1.82) is 0 Å². The van der Waals surface area contributed by atoms with Gasteiger partial charge in [0.05, 0.1) is 11.7 Å². The Morgan fingerprint density at radius 2 is 1.66 bits per heavy atom. The van der Waals surface area contributed by atoms with E-state index in [2.05, 4.69) is 10.7 Å². The van der Waals surface area contributed by atoms with Crippen LogP contribution >= 0.6 is 0 Å². The van der Waals surface area contributed by atoms with Gasteiger partial charge in [0.25, 0.3) is 0 Å². The summed E-state index contributed by atoms with van der Waals surface area (Å²) in [4.78, 5) is 50.4. The Bertz CT molecular complexity index is 727. The lowest BCUT2D eigenvalue weighted by Crippen LogP contribution is -2.53. The van der Waals surface area contributed by atoms with Crippen LogP contribution in [0.25, 0.3) is 0 Å². The fourth-order valence-electron chi connectivity index (χ4n) is 3.53. The van der Waals surface area contributed by atoms with Gasteiger partial charge in [0.2, 0.25) is 17.6 Å². The molecular weight excluding hydrogens is 370 g/mol. The first-order valence-electron chi connectivity index (χ1n) is 10.3. The summed E-state index contributed by atoms with van der Waals surface area (Å²) in [6.45, 7) is 5.05. The minimum atomic E-state index is -0.976. The number of nitrogens with one attached hydrogen (secondary N) is 2. The summed E-state index contributed by atoms with van der Waals surface area (Å²) in [5.41, 5.74) is 3.19. The van der Waals surface area contributed by atoms with Crippen LogP contribution in [0.1, 0.15) is 59.3 Å². The van der Waals surface area contributed by atoms with Gasteiger partial charge in [0.15, 0.2) is 0 Å². The zero-order valence-electron chi connectivity index (χ0n) is 17.4. The minimum absolute atomic E-state index is 0.0938. The van der Waals surface area contributed by atoms with Crippen LogP contribution in [0.15, 0.2) is 30.3 Å². The highest BCUT2D eigenvalue weighted by Crippen LogP contribution is 2.24. The van der Waals surface area contributed by atoms with Gasteiger partial charge in [-0.2, -0.15) is 5.01 Å². The Kier molecular flexibility index (Phi) is 8.36. The Hall–Kier alpha value is -2.70. The molecular formula is C22H31N3O4. The monoisotopic (exact) mass is 401 g/mol. The molecule has 0 bridgehead atoms. The molecule has 0 aliphatic heterocycles.